The average molecular weight is 267 g/mol. The standard InChI is InChI=1S/C16H29NO2/c1-13(2)10-17-11-15-14(6-8-19-15)12-18-9-7-16(3,4)5/h6,8,13,17H,7,9-12H2,1-5H3. The van der Waals surface area contributed by atoms with E-state index in [1.165, 1.54) is 0 Å². The van der Waals surface area contributed by atoms with E-state index in [-0.39, 0.29) is 0 Å². The lowest BCUT2D eigenvalue weighted by atomic mass is 9.93. The number of furan rings is 1. The molecule has 3 heteroatoms. The second kappa shape index (κ2) is 7.71. The highest BCUT2D eigenvalue weighted by Crippen LogP contribution is 2.19. The average Bonchev–Trinajstić information content (AvgIpc) is 2.70. The molecular weight excluding hydrogens is 238 g/mol. The molecule has 0 aliphatic heterocycles. The van der Waals surface area contributed by atoms with Crippen LogP contribution in [0.3, 0.4) is 0 Å². The Morgan fingerprint density at radius 1 is 1.32 bits per heavy atom. The molecule has 0 unspecified atom stereocenters. The summed E-state index contributed by atoms with van der Waals surface area (Å²) in [5, 5.41) is 3.39. The first-order chi connectivity index (χ1) is 8.88. The van der Waals surface area contributed by atoms with Gasteiger partial charge in [0.05, 0.1) is 19.4 Å². The van der Waals surface area contributed by atoms with Gasteiger partial charge in [-0.3, -0.25) is 0 Å². The molecule has 0 bridgehead atoms. The van der Waals surface area contributed by atoms with Crippen LogP contribution >= 0.6 is 0 Å². The van der Waals surface area contributed by atoms with Crippen LogP contribution in [0.5, 0.6) is 0 Å². The molecule has 110 valence electrons. The third-order valence-electron chi connectivity index (χ3n) is 2.93. The Kier molecular flexibility index (Phi) is 6.59. The third kappa shape index (κ3) is 7.38. The van der Waals surface area contributed by atoms with Crippen molar-refractivity contribution < 1.29 is 9.15 Å². The smallest absolute Gasteiger partial charge is 0.123 e. The summed E-state index contributed by atoms with van der Waals surface area (Å²) in [7, 11) is 0. The van der Waals surface area contributed by atoms with E-state index in [0.29, 0.717) is 17.9 Å². The summed E-state index contributed by atoms with van der Waals surface area (Å²) in [6.07, 6.45) is 2.82. The number of ether oxygens (including phenoxy) is 1. The van der Waals surface area contributed by atoms with Crippen molar-refractivity contribution in [2.24, 2.45) is 11.3 Å². The van der Waals surface area contributed by atoms with Crippen molar-refractivity contribution in [2.45, 2.75) is 54.2 Å². The van der Waals surface area contributed by atoms with Crippen molar-refractivity contribution in [3.8, 4) is 0 Å². The second-order valence-corrected chi connectivity index (χ2v) is 6.76. The lowest BCUT2D eigenvalue weighted by Gasteiger charge is -2.17. The number of hydrogen-bond donors (Lipinski definition) is 1. The van der Waals surface area contributed by atoms with Crippen LogP contribution in [0.4, 0.5) is 0 Å². The summed E-state index contributed by atoms with van der Waals surface area (Å²) >= 11 is 0. The van der Waals surface area contributed by atoms with Crippen LogP contribution in [-0.2, 0) is 17.9 Å². The highest BCUT2D eigenvalue weighted by Gasteiger charge is 2.11. The summed E-state index contributed by atoms with van der Waals surface area (Å²) < 4.78 is 11.2. The Bertz CT molecular complexity index is 350. The van der Waals surface area contributed by atoms with Crippen LogP contribution < -0.4 is 5.32 Å². The molecule has 0 saturated carbocycles. The first-order valence-electron chi connectivity index (χ1n) is 7.22. The van der Waals surface area contributed by atoms with E-state index >= 15 is 0 Å². The minimum Gasteiger partial charge on any atom is -0.468 e. The molecule has 0 saturated heterocycles. The van der Waals surface area contributed by atoms with Crippen LogP contribution in [0.1, 0.15) is 52.4 Å². The van der Waals surface area contributed by atoms with Crippen molar-refractivity contribution in [2.75, 3.05) is 13.2 Å². The van der Waals surface area contributed by atoms with Gasteiger partial charge in [-0.25, -0.2) is 0 Å². The highest BCUT2D eigenvalue weighted by atomic mass is 16.5. The van der Waals surface area contributed by atoms with E-state index in [9.17, 15) is 0 Å². The van der Waals surface area contributed by atoms with Gasteiger partial charge < -0.3 is 14.5 Å². The zero-order valence-electron chi connectivity index (χ0n) is 13.1. The molecule has 0 atom stereocenters. The Hall–Kier alpha value is -0.800. The quantitative estimate of drug-likeness (QED) is 0.723. The van der Waals surface area contributed by atoms with Gasteiger partial charge in [-0.05, 0) is 30.4 Å². The normalized spacial score (nSPS) is 12.3. The van der Waals surface area contributed by atoms with Crippen LogP contribution in [0.2, 0.25) is 0 Å². The fourth-order valence-corrected chi connectivity index (χ4v) is 1.69. The molecule has 1 rings (SSSR count). The minimum atomic E-state index is 0.331. The Labute approximate surface area is 117 Å². The molecule has 1 aromatic rings. The van der Waals surface area contributed by atoms with Crippen molar-refractivity contribution in [1.82, 2.24) is 5.32 Å². The van der Waals surface area contributed by atoms with Crippen LogP contribution in [0.25, 0.3) is 0 Å². The molecule has 0 amide bonds. The fraction of sp³-hybridized carbons (Fsp3) is 0.750. The van der Waals surface area contributed by atoms with Gasteiger partial charge in [0, 0.05) is 12.2 Å². The predicted octanol–water partition coefficient (Wildman–Crippen LogP) is 3.98. The molecule has 1 heterocycles. The lowest BCUT2D eigenvalue weighted by molar-refractivity contribution is 0.0951. The topological polar surface area (TPSA) is 34.4 Å². The van der Waals surface area contributed by atoms with Crippen molar-refractivity contribution in [3.05, 3.63) is 23.7 Å². The second-order valence-electron chi connectivity index (χ2n) is 6.76. The van der Waals surface area contributed by atoms with Gasteiger partial charge >= 0.3 is 0 Å². The van der Waals surface area contributed by atoms with Crippen LogP contribution in [-0.4, -0.2) is 13.2 Å². The maximum atomic E-state index is 5.73. The largest absolute Gasteiger partial charge is 0.468 e. The summed E-state index contributed by atoms with van der Waals surface area (Å²) in [5.41, 5.74) is 1.49. The molecule has 1 aromatic heterocycles. The maximum absolute atomic E-state index is 5.73. The van der Waals surface area contributed by atoms with Gasteiger partial charge in [-0.2, -0.15) is 0 Å². The molecule has 0 aromatic carbocycles. The molecule has 0 aliphatic carbocycles. The molecule has 0 radical (unpaired) electrons. The molecule has 0 spiro atoms. The molecular formula is C16H29NO2. The van der Waals surface area contributed by atoms with E-state index in [1.54, 1.807) is 6.26 Å². The first-order valence-corrected chi connectivity index (χ1v) is 7.22. The van der Waals surface area contributed by atoms with Crippen molar-refractivity contribution in [1.29, 1.82) is 0 Å². The van der Waals surface area contributed by atoms with Gasteiger partial charge in [0.25, 0.3) is 0 Å². The fourth-order valence-electron chi connectivity index (χ4n) is 1.69. The van der Waals surface area contributed by atoms with Crippen molar-refractivity contribution in [3.63, 3.8) is 0 Å². The van der Waals surface area contributed by atoms with E-state index in [1.807, 2.05) is 6.07 Å². The molecule has 1 N–H and O–H groups in total. The zero-order valence-corrected chi connectivity index (χ0v) is 13.1. The van der Waals surface area contributed by atoms with Crippen LogP contribution in [0.15, 0.2) is 16.7 Å². The van der Waals surface area contributed by atoms with E-state index in [4.69, 9.17) is 9.15 Å². The predicted molar refractivity (Wildman–Crippen MR) is 79.0 cm³/mol. The monoisotopic (exact) mass is 267 g/mol. The summed E-state index contributed by atoms with van der Waals surface area (Å²) in [6, 6.07) is 2.00. The maximum Gasteiger partial charge on any atom is 0.123 e. The minimum absolute atomic E-state index is 0.331. The number of hydrogen-bond acceptors (Lipinski definition) is 3. The summed E-state index contributed by atoms with van der Waals surface area (Å²) in [5.74, 6) is 1.65. The van der Waals surface area contributed by atoms with E-state index in [0.717, 1.165) is 37.4 Å². The summed E-state index contributed by atoms with van der Waals surface area (Å²) in [4.78, 5) is 0. The van der Waals surface area contributed by atoms with Gasteiger partial charge in [0.2, 0.25) is 0 Å². The van der Waals surface area contributed by atoms with Gasteiger partial charge in [0.1, 0.15) is 5.76 Å². The zero-order chi connectivity index (χ0) is 14.3. The first kappa shape index (κ1) is 16.3. The Morgan fingerprint density at radius 3 is 2.68 bits per heavy atom. The Balaban J connectivity index is 2.28. The summed E-state index contributed by atoms with van der Waals surface area (Å²) in [6.45, 7) is 14.3. The van der Waals surface area contributed by atoms with E-state index in [2.05, 4.69) is 39.9 Å². The Morgan fingerprint density at radius 2 is 2.05 bits per heavy atom. The lowest BCUT2D eigenvalue weighted by Crippen LogP contribution is -2.19. The molecule has 19 heavy (non-hydrogen) atoms. The highest BCUT2D eigenvalue weighted by molar-refractivity contribution is 5.15. The molecule has 0 aliphatic rings. The van der Waals surface area contributed by atoms with Gasteiger partial charge in [0.15, 0.2) is 0 Å². The molecule has 3 nitrogen and oxygen atoms in total. The van der Waals surface area contributed by atoms with Crippen LogP contribution in [0, 0.1) is 11.3 Å². The van der Waals surface area contributed by atoms with Crippen molar-refractivity contribution >= 4 is 0 Å². The number of rotatable bonds is 8. The van der Waals surface area contributed by atoms with Gasteiger partial charge in [-0.15, -0.1) is 0 Å². The van der Waals surface area contributed by atoms with E-state index < -0.39 is 0 Å². The number of nitrogens with one attached hydrogen (secondary N) is 1. The molecule has 0 fully saturated rings. The third-order valence-corrected chi connectivity index (χ3v) is 2.93. The van der Waals surface area contributed by atoms with Gasteiger partial charge in [-0.1, -0.05) is 34.6 Å². The SMILES string of the molecule is CC(C)CNCc1occc1COCCC(C)(C)C.